The highest BCUT2D eigenvalue weighted by Crippen LogP contribution is 2.07. The van der Waals surface area contributed by atoms with Gasteiger partial charge in [-0.2, -0.15) is 4.89 Å². The van der Waals surface area contributed by atoms with E-state index in [1.165, 1.54) is 0 Å². The highest BCUT2D eigenvalue weighted by Gasteiger charge is 2.15. The van der Waals surface area contributed by atoms with Gasteiger partial charge in [0.15, 0.2) is 0 Å². The van der Waals surface area contributed by atoms with Crippen LogP contribution in [-0.2, 0) is 14.5 Å². The second kappa shape index (κ2) is 5.80. The van der Waals surface area contributed by atoms with Gasteiger partial charge in [-0.1, -0.05) is 13.3 Å². The molecular weight excluding hydrogens is 172 g/mol. The summed E-state index contributed by atoms with van der Waals surface area (Å²) >= 11 is 0. The Bertz CT molecular complexity index is 148. The molecule has 4 heteroatoms. The van der Waals surface area contributed by atoms with Crippen molar-refractivity contribution in [1.29, 1.82) is 0 Å². The Labute approximate surface area is 79.1 Å². The fourth-order valence-electron chi connectivity index (χ4n) is 0.483. The molecule has 0 spiro atoms. The van der Waals surface area contributed by atoms with Crippen molar-refractivity contribution in [2.45, 2.75) is 46.1 Å². The number of hydrogen-bond acceptors (Lipinski definition) is 4. The van der Waals surface area contributed by atoms with Crippen molar-refractivity contribution >= 4 is 6.16 Å². The van der Waals surface area contributed by atoms with Crippen LogP contribution in [0.5, 0.6) is 0 Å². The highest BCUT2D eigenvalue weighted by atomic mass is 17.2. The minimum absolute atomic E-state index is 0.378. The fourth-order valence-corrected chi connectivity index (χ4v) is 0.483. The Morgan fingerprint density at radius 3 is 2.38 bits per heavy atom. The first kappa shape index (κ1) is 12.2. The third-order valence-corrected chi connectivity index (χ3v) is 1.08. The summed E-state index contributed by atoms with van der Waals surface area (Å²) in [6, 6.07) is 0. The molecule has 0 aromatic heterocycles. The second-order valence-electron chi connectivity index (χ2n) is 3.73. The van der Waals surface area contributed by atoms with Gasteiger partial charge in [-0.15, -0.1) is 0 Å². The predicted octanol–water partition coefficient (Wildman–Crippen LogP) is 2.67. The van der Waals surface area contributed by atoms with E-state index in [1.807, 2.05) is 6.92 Å². The smallest absolute Gasteiger partial charge is 0.432 e. The molecule has 0 saturated carbocycles. The molecule has 0 heterocycles. The number of hydrogen-bond donors (Lipinski definition) is 0. The van der Waals surface area contributed by atoms with Gasteiger partial charge in [0.05, 0.1) is 6.61 Å². The summed E-state index contributed by atoms with van der Waals surface area (Å²) in [7, 11) is 0. The van der Waals surface area contributed by atoms with Gasteiger partial charge in [-0.05, 0) is 27.2 Å². The summed E-state index contributed by atoms with van der Waals surface area (Å²) in [6.07, 6.45) is 1.04. The van der Waals surface area contributed by atoms with Crippen LogP contribution in [0.2, 0.25) is 0 Å². The van der Waals surface area contributed by atoms with Gasteiger partial charge in [-0.3, -0.25) is 4.89 Å². The maximum Gasteiger partial charge on any atom is 0.540 e. The lowest BCUT2D eigenvalue weighted by atomic mass is 10.2. The Morgan fingerprint density at radius 1 is 1.31 bits per heavy atom. The normalized spacial score (nSPS) is 11.1. The van der Waals surface area contributed by atoms with Crippen LogP contribution >= 0.6 is 0 Å². The number of ether oxygens (including phenoxy) is 1. The van der Waals surface area contributed by atoms with Gasteiger partial charge < -0.3 is 4.74 Å². The van der Waals surface area contributed by atoms with Crippen molar-refractivity contribution in [3.05, 3.63) is 0 Å². The predicted molar refractivity (Wildman–Crippen MR) is 48.2 cm³/mol. The van der Waals surface area contributed by atoms with E-state index in [0.29, 0.717) is 6.61 Å². The second-order valence-corrected chi connectivity index (χ2v) is 3.73. The van der Waals surface area contributed by atoms with E-state index in [2.05, 4.69) is 4.89 Å². The standard InChI is InChI=1S/C9H18O4/c1-5-6-7-11-8(10)12-13-9(2,3)4/h5-7H2,1-4H3. The van der Waals surface area contributed by atoms with E-state index in [1.54, 1.807) is 20.8 Å². The number of rotatable bonds is 4. The third-order valence-electron chi connectivity index (χ3n) is 1.08. The van der Waals surface area contributed by atoms with Gasteiger partial charge in [0.1, 0.15) is 5.60 Å². The van der Waals surface area contributed by atoms with Crippen LogP contribution in [0.1, 0.15) is 40.5 Å². The number of carbonyl (C=O) groups is 1. The average molecular weight is 190 g/mol. The van der Waals surface area contributed by atoms with Crippen LogP contribution in [-0.4, -0.2) is 18.4 Å². The monoisotopic (exact) mass is 190 g/mol. The molecule has 0 radical (unpaired) electrons. The van der Waals surface area contributed by atoms with Crippen molar-refractivity contribution < 1.29 is 19.3 Å². The van der Waals surface area contributed by atoms with Crippen molar-refractivity contribution in [3.63, 3.8) is 0 Å². The summed E-state index contributed by atoms with van der Waals surface area (Å²) in [6.45, 7) is 7.74. The van der Waals surface area contributed by atoms with E-state index in [-0.39, 0.29) is 0 Å². The van der Waals surface area contributed by atoms with Crippen LogP contribution in [0.3, 0.4) is 0 Å². The Hall–Kier alpha value is -0.770. The number of unbranched alkanes of at least 4 members (excludes halogenated alkanes) is 1. The molecular formula is C9H18O4. The number of carbonyl (C=O) groups excluding carboxylic acids is 1. The molecule has 0 aromatic rings. The molecule has 0 fully saturated rings. The molecule has 0 aliphatic rings. The van der Waals surface area contributed by atoms with Crippen molar-refractivity contribution in [2.24, 2.45) is 0 Å². The van der Waals surface area contributed by atoms with Crippen molar-refractivity contribution in [2.75, 3.05) is 6.61 Å². The van der Waals surface area contributed by atoms with Crippen LogP contribution in [0.25, 0.3) is 0 Å². The lowest BCUT2D eigenvalue weighted by molar-refractivity contribution is -0.312. The van der Waals surface area contributed by atoms with E-state index in [0.717, 1.165) is 12.8 Å². The molecule has 0 aliphatic heterocycles. The third kappa shape index (κ3) is 9.14. The molecule has 78 valence electrons. The lowest BCUT2D eigenvalue weighted by Gasteiger charge is -2.15. The van der Waals surface area contributed by atoms with Crippen LogP contribution in [0, 0.1) is 0 Å². The zero-order chi connectivity index (χ0) is 10.3. The summed E-state index contributed by atoms with van der Waals surface area (Å²) in [5.41, 5.74) is -0.496. The first-order valence-electron chi connectivity index (χ1n) is 4.48. The maximum atomic E-state index is 10.8. The average Bonchev–Trinajstić information content (AvgIpc) is 2.00. The van der Waals surface area contributed by atoms with E-state index in [9.17, 15) is 4.79 Å². The van der Waals surface area contributed by atoms with Gasteiger partial charge in [0, 0.05) is 0 Å². The van der Waals surface area contributed by atoms with E-state index < -0.39 is 11.8 Å². The van der Waals surface area contributed by atoms with E-state index in [4.69, 9.17) is 9.62 Å². The Morgan fingerprint density at radius 2 is 1.92 bits per heavy atom. The molecule has 0 saturated heterocycles. The molecule has 0 bridgehead atoms. The molecule has 0 aromatic carbocycles. The summed E-state index contributed by atoms with van der Waals surface area (Å²) in [5, 5.41) is 0. The topological polar surface area (TPSA) is 44.8 Å². The molecule has 0 amide bonds. The molecule has 0 N–H and O–H groups in total. The fraction of sp³-hybridized carbons (Fsp3) is 0.889. The van der Waals surface area contributed by atoms with Crippen LogP contribution in [0.15, 0.2) is 0 Å². The molecule has 0 unspecified atom stereocenters. The Kier molecular flexibility index (Phi) is 5.46. The van der Waals surface area contributed by atoms with Gasteiger partial charge >= 0.3 is 6.16 Å². The first-order valence-corrected chi connectivity index (χ1v) is 4.48. The highest BCUT2D eigenvalue weighted by molar-refractivity contribution is 5.58. The largest absolute Gasteiger partial charge is 0.540 e. The minimum atomic E-state index is -0.775. The summed E-state index contributed by atoms with van der Waals surface area (Å²) < 4.78 is 4.69. The van der Waals surface area contributed by atoms with Gasteiger partial charge in [0.25, 0.3) is 0 Å². The lowest BCUT2D eigenvalue weighted by Crippen LogP contribution is -2.22. The molecule has 13 heavy (non-hydrogen) atoms. The van der Waals surface area contributed by atoms with Crippen molar-refractivity contribution in [1.82, 2.24) is 0 Å². The maximum absolute atomic E-state index is 10.8. The minimum Gasteiger partial charge on any atom is -0.432 e. The first-order chi connectivity index (χ1) is 5.95. The molecule has 0 rings (SSSR count). The van der Waals surface area contributed by atoms with Gasteiger partial charge in [0.2, 0.25) is 0 Å². The molecule has 4 nitrogen and oxygen atoms in total. The van der Waals surface area contributed by atoms with Gasteiger partial charge in [-0.25, -0.2) is 4.79 Å². The zero-order valence-corrected chi connectivity index (χ0v) is 8.75. The van der Waals surface area contributed by atoms with Crippen molar-refractivity contribution in [3.8, 4) is 0 Å². The summed E-state index contributed by atoms with van der Waals surface area (Å²) in [5.74, 6) is 0. The van der Waals surface area contributed by atoms with Crippen LogP contribution < -0.4 is 0 Å². The SMILES string of the molecule is CCCCOC(=O)OOC(C)(C)C. The quantitative estimate of drug-likeness (QED) is 0.296. The summed E-state index contributed by atoms with van der Waals surface area (Å²) in [4.78, 5) is 19.9. The zero-order valence-electron chi connectivity index (χ0n) is 8.75. The molecule has 0 atom stereocenters. The van der Waals surface area contributed by atoms with E-state index >= 15 is 0 Å². The van der Waals surface area contributed by atoms with Crippen LogP contribution in [0.4, 0.5) is 4.79 Å². The Balaban J connectivity index is 3.41. The molecule has 0 aliphatic carbocycles.